The van der Waals surface area contributed by atoms with E-state index >= 15 is 0 Å². The van der Waals surface area contributed by atoms with Gasteiger partial charge >= 0.3 is 12.1 Å². The highest BCUT2D eigenvalue weighted by Crippen LogP contribution is 2.37. The lowest BCUT2D eigenvalue weighted by atomic mass is 10.1. The second-order valence-electron chi connectivity index (χ2n) is 8.71. The number of fused-ring (bicyclic) bond motifs is 1. The molecule has 0 saturated carbocycles. The average Bonchev–Trinajstić information content (AvgIpc) is 3.08. The normalized spacial score (nSPS) is 28.4. The van der Waals surface area contributed by atoms with Gasteiger partial charge in [0.15, 0.2) is 18.2 Å². The third-order valence-corrected chi connectivity index (χ3v) is 4.50. The summed E-state index contributed by atoms with van der Waals surface area (Å²) < 4.78 is 27.1. The van der Waals surface area contributed by atoms with Crippen molar-refractivity contribution in [3.05, 3.63) is 0 Å². The summed E-state index contributed by atoms with van der Waals surface area (Å²) in [4.78, 5) is 37.3. The number of alkyl carbamates (subject to hydrolysis) is 1. The molecule has 0 bridgehead atoms. The van der Waals surface area contributed by atoms with E-state index < -0.39 is 59.9 Å². The van der Waals surface area contributed by atoms with Gasteiger partial charge in [0.1, 0.15) is 17.7 Å². The summed E-state index contributed by atoms with van der Waals surface area (Å²) in [5.74, 6) is -2.13. The van der Waals surface area contributed by atoms with Crippen LogP contribution >= 0.6 is 0 Å². The number of hydrogen-bond donors (Lipinski definition) is 3. The van der Waals surface area contributed by atoms with Gasteiger partial charge in [-0.2, -0.15) is 0 Å². The summed E-state index contributed by atoms with van der Waals surface area (Å²) >= 11 is 0. The van der Waals surface area contributed by atoms with Crippen molar-refractivity contribution in [3.63, 3.8) is 0 Å². The molecule has 0 unspecified atom stereocenters. The molecule has 2 aliphatic heterocycles. The summed E-state index contributed by atoms with van der Waals surface area (Å²) in [7, 11) is 1.22. The van der Waals surface area contributed by atoms with Crippen LogP contribution in [0.4, 0.5) is 4.79 Å². The van der Waals surface area contributed by atoms with E-state index in [1.165, 1.54) is 7.11 Å². The van der Waals surface area contributed by atoms with Crippen LogP contribution in [0.3, 0.4) is 0 Å². The fraction of sp³-hybridized carbons (Fsp3) is 0.842. The van der Waals surface area contributed by atoms with Crippen LogP contribution in [-0.4, -0.2) is 73.6 Å². The third-order valence-electron chi connectivity index (χ3n) is 4.50. The Balaban J connectivity index is 2.13. The molecule has 2 fully saturated rings. The molecule has 2 rings (SSSR count). The zero-order valence-electron chi connectivity index (χ0n) is 18.4. The van der Waals surface area contributed by atoms with Crippen LogP contribution in [0.2, 0.25) is 0 Å². The van der Waals surface area contributed by atoms with Crippen molar-refractivity contribution < 1.29 is 38.1 Å². The molecule has 11 nitrogen and oxygen atoms in total. The molecule has 172 valence electrons. The molecule has 30 heavy (non-hydrogen) atoms. The summed E-state index contributed by atoms with van der Waals surface area (Å²) in [6, 6.07) is -1.78. The number of methoxy groups -OCH3 is 1. The first-order valence-electron chi connectivity index (χ1n) is 9.96. The molecule has 0 aromatic rings. The fourth-order valence-electron chi connectivity index (χ4n) is 3.29. The van der Waals surface area contributed by atoms with E-state index in [-0.39, 0.29) is 6.42 Å². The van der Waals surface area contributed by atoms with E-state index in [9.17, 15) is 14.4 Å². The molecule has 2 heterocycles. The molecule has 2 aliphatic rings. The molecular formula is C19H33N3O8. The van der Waals surface area contributed by atoms with E-state index in [1.54, 1.807) is 34.6 Å². The van der Waals surface area contributed by atoms with Gasteiger partial charge in [-0.15, -0.1) is 0 Å². The van der Waals surface area contributed by atoms with Gasteiger partial charge in [0.2, 0.25) is 5.91 Å². The Kier molecular flexibility index (Phi) is 7.67. The Morgan fingerprint density at radius 3 is 2.43 bits per heavy atom. The zero-order chi connectivity index (χ0) is 22.7. The van der Waals surface area contributed by atoms with Gasteiger partial charge in [0, 0.05) is 0 Å². The number of hydrogen-bond acceptors (Lipinski definition) is 9. The Labute approximate surface area is 176 Å². The second-order valence-corrected chi connectivity index (χ2v) is 8.71. The second kappa shape index (κ2) is 9.46. The van der Waals surface area contributed by atoms with Gasteiger partial charge in [0.05, 0.1) is 13.2 Å². The molecule has 0 spiro atoms. The van der Waals surface area contributed by atoms with Crippen molar-refractivity contribution in [1.82, 2.24) is 10.6 Å². The maximum absolute atomic E-state index is 13.0. The Bertz CT molecular complexity index is 648. The first-order valence-corrected chi connectivity index (χ1v) is 9.96. The fourth-order valence-corrected chi connectivity index (χ4v) is 3.29. The Morgan fingerprint density at radius 2 is 1.87 bits per heavy atom. The van der Waals surface area contributed by atoms with Crippen LogP contribution in [0.5, 0.6) is 0 Å². The van der Waals surface area contributed by atoms with Gasteiger partial charge < -0.3 is 40.1 Å². The van der Waals surface area contributed by atoms with Gasteiger partial charge in [-0.25, -0.2) is 9.59 Å². The van der Waals surface area contributed by atoms with Crippen molar-refractivity contribution in [1.29, 1.82) is 0 Å². The number of rotatable bonds is 7. The predicted molar refractivity (Wildman–Crippen MR) is 104 cm³/mol. The van der Waals surface area contributed by atoms with E-state index in [1.807, 2.05) is 0 Å². The average molecular weight is 431 g/mol. The van der Waals surface area contributed by atoms with Crippen LogP contribution in [0.1, 0.15) is 47.5 Å². The molecule has 0 radical (unpaired) electrons. The number of ether oxygens (including phenoxy) is 5. The number of nitrogens with one attached hydrogen (secondary N) is 2. The highest BCUT2D eigenvalue weighted by Gasteiger charge is 2.57. The lowest BCUT2D eigenvalue weighted by Gasteiger charge is -2.27. The summed E-state index contributed by atoms with van der Waals surface area (Å²) in [6.07, 6.45) is -2.61. The van der Waals surface area contributed by atoms with E-state index in [2.05, 4.69) is 10.6 Å². The largest absolute Gasteiger partial charge is 0.467 e. The molecule has 5 atom stereocenters. The SMILES string of the molecule is COC(=O)[C@H]1O[C@@H]2OC(C)(C)O[C@@H]2[C@H]1NC(=O)[C@H](CCCN)NC(=O)OC(C)(C)C. The first-order chi connectivity index (χ1) is 13.9. The topological polar surface area (TPSA) is 147 Å². The minimum Gasteiger partial charge on any atom is -0.467 e. The molecule has 0 aromatic heterocycles. The number of carbonyl (C=O) groups is 3. The maximum atomic E-state index is 13.0. The molecule has 2 saturated heterocycles. The van der Waals surface area contributed by atoms with Crippen LogP contribution in [-0.2, 0) is 33.3 Å². The quantitative estimate of drug-likeness (QED) is 0.479. The van der Waals surface area contributed by atoms with Crippen molar-refractivity contribution in [2.75, 3.05) is 13.7 Å². The number of carbonyl (C=O) groups excluding carboxylic acids is 3. The van der Waals surface area contributed by atoms with Crippen LogP contribution in [0.15, 0.2) is 0 Å². The number of esters is 1. The lowest BCUT2D eigenvalue weighted by molar-refractivity contribution is -0.213. The summed E-state index contributed by atoms with van der Waals surface area (Å²) in [6.45, 7) is 8.91. The van der Waals surface area contributed by atoms with Crippen molar-refractivity contribution in [2.24, 2.45) is 5.73 Å². The third kappa shape index (κ3) is 6.27. The summed E-state index contributed by atoms with van der Waals surface area (Å²) in [5, 5.41) is 5.31. The van der Waals surface area contributed by atoms with E-state index in [4.69, 9.17) is 29.4 Å². The summed E-state index contributed by atoms with van der Waals surface area (Å²) in [5.41, 5.74) is 4.84. The first kappa shape index (κ1) is 24.3. The van der Waals surface area contributed by atoms with E-state index in [0.29, 0.717) is 13.0 Å². The monoisotopic (exact) mass is 431 g/mol. The molecule has 2 amide bonds. The highest BCUT2D eigenvalue weighted by molar-refractivity contribution is 5.87. The van der Waals surface area contributed by atoms with Gasteiger partial charge in [-0.05, 0) is 54.0 Å². The molecule has 0 aromatic carbocycles. The van der Waals surface area contributed by atoms with E-state index in [0.717, 1.165) is 0 Å². The van der Waals surface area contributed by atoms with Gasteiger partial charge in [0.25, 0.3) is 0 Å². The molecule has 4 N–H and O–H groups in total. The maximum Gasteiger partial charge on any atom is 0.408 e. The predicted octanol–water partition coefficient (Wildman–Crippen LogP) is 0.153. The van der Waals surface area contributed by atoms with Crippen molar-refractivity contribution >= 4 is 18.0 Å². The highest BCUT2D eigenvalue weighted by atomic mass is 16.8. The standard InChI is InChI=1S/C19H33N3O8/c1-18(2,3)30-17(25)21-10(8-7-9-20)14(23)22-11-12(15(24)26-6)27-16-13(11)28-19(4,5)29-16/h10-13,16H,7-9,20H2,1-6H3,(H,21,25)(H,22,23)/t10-,11-,12-,13+,16+/m0/s1. The molecular weight excluding hydrogens is 398 g/mol. The molecule has 11 heteroatoms. The van der Waals surface area contributed by atoms with Crippen LogP contribution in [0.25, 0.3) is 0 Å². The lowest BCUT2D eigenvalue weighted by Crippen LogP contribution is -2.56. The Morgan fingerprint density at radius 1 is 1.20 bits per heavy atom. The van der Waals surface area contributed by atoms with Gasteiger partial charge in [-0.3, -0.25) is 4.79 Å². The Hall–Kier alpha value is -1.95. The number of amides is 2. The number of nitrogens with two attached hydrogens (primary N) is 1. The van der Waals surface area contributed by atoms with Crippen molar-refractivity contribution in [3.8, 4) is 0 Å². The molecule has 0 aliphatic carbocycles. The smallest absolute Gasteiger partial charge is 0.408 e. The van der Waals surface area contributed by atoms with Crippen LogP contribution in [0, 0.1) is 0 Å². The van der Waals surface area contributed by atoms with Crippen LogP contribution < -0.4 is 16.4 Å². The zero-order valence-corrected chi connectivity index (χ0v) is 18.4. The minimum atomic E-state index is -1.11. The van der Waals surface area contributed by atoms with Gasteiger partial charge in [-0.1, -0.05) is 0 Å². The minimum absolute atomic E-state index is 0.287. The van der Waals surface area contributed by atoms with Crippen molar-refractivity contribution in [2.45, 2.75) is 89.4 Å².